The summed E-state index contributed by atoms with van der Waals surface area (Å²) in [4.78, 5) is 26.7. The zero-order valence-corrected chi connectivity index (χ0v) is 27.2. The molecule has 2 aromatic carbocycles. The van der Waals surface area contributed by atoms with Gasteiger partial charge in [-0.25, -0.2) is 18.7 Å². The van der Waals surface area contributed by atoms with Crippen molar-refractivity contribution in [3.05, 3.63) is 83.3 Å². The maximum Gasteiger partial charge on any atom is 0.271 e. The fraction of sp³-hybridized carbons (Fsp3) is 0.412. The van der Waals surface area contributed by atoms with Crippen LogP contribution in [0.3, 0.4) is 0 Å². The highest BCUT2D eigenvalue weighted by atomic mass is 19.3. The van der Waals surface area contributed by atoms with Gasteiger partial charge < -0.3 is 25.4 Å². The van der Waals surface area contributed by atoms with Crippen molar-refractivity contribution in [2.75, 3.05) is 81.6 Å². The van der Waals surface area contributed by atoms with E-state index in [2.05, 4.69) is 35.7 Å². The minimum Gasteiger partial charge on any atom is -0.379 e. The Kier molecular flexibility index (Phi) is 10.5. The maximum atomic E-state index is 14.2. The Hall–Kier alpha value is -4.50. The number of hydrogen-bond donors (Lipinski definition) is 3. The van der Waals surface area contributed by atoms with E-state index in [1.807, 2.05) is 25.1 Å². The van der Waals surface area contributed by atoms with Crippen LogP contribution in [0.25, 0.3) is 5.82 Å². The molecule has 2 aromatic heterocycles. The van der Waals surface area contributed by atoms with E-state index in [1.165, 1.54) is 24.5 Å². The van der Waals surface area contributed by atoms with Crippen LogP contribution in [0.5, 0.6) is 0 Å². The quantitative estimate of drug-likeness (QED) is 0.198. The van der Waals surface area contributed by atoms with E-state index in [9.17, 15) is 13.6 Å². The van der Waals surface area contributed by atoms with Gasteiger partial charge in [0.05, 0.1) is 32.1 Å². The van der Waals surface area contributed by atoms with Gasteiger partial charge in [0, 0.05) is 87.4 Å². The summed E-state index contributed by atoms with van der Waals surface area (Å²) >= 11 is 0. The molecular weight excluding hydrogens is 620 g/mol. The summed E-state index contributed by atoms with van der Waals surface area (Å²) in [6.45, 7) is 11.3. The number of nitrogens with zero attached hydrogens (tertiary/aromatic N) is 6. The van der Waals surface area contributed by atoms with Crippen LogP contribution in [0.2, 0.25) is 0 Å². The molecular formula is C34H41F2N9O3. The molecule has 0 radical (unpaired) electrons. The van der Waals surface area contributed by atoms with Gasteiger partial charge in [0.2, 0.25) is 0 Å². The lowest BCUT2D eigenvalue weighted by molar-refractivity contribution is 0.0165. The van der Waals surface area contributed by atoms with Crippen molar-refractivity contribution in [1.82, 2.24) is 29.5 Å². The number of hydrogen-bond acceptors (Lipinski definition) is 10. The largest absolute Gasteiger partial charge is 0.379 e. The van der Waals surface area contributed by atoms with Crippen LogP contribution in [0.4, 0.5) is 31.8 Å². The smallest absolute Gasteiger partial charge is 0.271 e. The first-order valence-electron chi connectivity index (χ1n) is 16.1. The minimum absolute atomic E-state index is 0.0796. The van der Waals surface area contributed by atoms with Crippen molar-refractivity contribution in [2.24, 2.45) is 0 Å². The van der Waals surface area contributed by atoms with Gasteiger partial charge in [-0.15, -0.1) is 0 Å². The van der Waals surface area contributed by atoms with Crippen molar-refractivity contribution >= 4 is 28.9 Å². The predicted molar refractivity (Wildman–Crippen MR) is 179 cm³/mol. The number of rotatable bonds is 12. The Morgan fingerprint density at radius 1 is 0.938 bits per heavy atom. The van der Waals surface area contributed by atoms with Gasteiger partial charge in [-0.1, -0.05) is 24.3 Å². The van der Waals surface area contributed by atoms with Gasteiger partial charge in [-0.2, -0.15) is 9.78 Å². The SMILES string of the molecule is Cc1ccc(NC(=O)c2ccccc2C(C)(F)F)cc1Nc1cc(CN2CCOCC2)nn1-c1cc(NCCN2CCOCC2)ncn1. The van der Waals surface area contributed by atoms with Crippen LogP contribution in [-0.4, -0.2) is 101 Å². The monoisotopic (exact) mass is 661 g/mol. The molecule has 14 heteroatoms. The highest BCUT2D eigenvalue weighted by Gasteiger charge is 2.29. The third-order valence-corrected chi connectivity index (χ3v) is 8.36. The molecule has 2 fully saturated rings. The van der Waals surface area contributed by atoms with Crippen LogP contribution in [0, 0.1) is 6.92 Å². The van der Waals surface area contributed by atoms with Gasteiger partial charge in [0.25, 0.3) is 11.8 Å². The number of ether oxygens (including phenoxy) is 2. The normalized spacial score (nSPS) is 16.1. The first-order valence-corrected chi connectivity index (χ1v) is 16.1. The molecule has 0 saturated carbocycles. The third-order valence-electron chi connectivity index (χ3n) is 8.36. The first-order chi connectivity index (χ1) is 23.2. The van der Waals surface area contributed by atoms with Crippen molar-refractivity contribution < 1.29 is 23.0 Å². The van der Waals surface area contributed by atoms with Crippen molar-refractivity contribution in [3.8, 4) is 5.82 Å². The molecule has 0 spiro atoms. The first kappa shape index (κ1) is 33.4. The summed E-state index contributed by atoms with van der Waals surface area (Å²) in [6.07, 6.45) is 1.51. The maximum absolute atomic E-state index is 14.2. The fourth-order valence-corrected chi connectivity index (χ4v) is 5.72. The summed E-state index contributed by atoms with van der Waals surface area (Å²) in [5, 5.41) is 14.6. The van der Waals surface area contributed by atoms with E-state index in [4.69, 9.17) is 14.6 Å². The molecule has 0 atom stereocenters. The number of morpholine rings is 2. The molecule has 2 aliphatic rings. The van der Waals surface area contributed by atoms with Crippen LogP contribution >= 0.6 is 0 Å². The van der Waals surface area contributed by atoms with Gasteiger partial charge in [-0.05, 0) is 30.7 Å². The Balaban J connectivity index is 1.24. The van der Waals surface area contributed by atoms with E-state index in [0.29, 0.717) is 48.6 Å². The average Bonchev–Trinajstić information content (AvgIpc) is 3.48. The van der Waals surface area contributed by atoms with E-state index in [-0.39, 0.29) is 11.1 Å². The molecule has 48 heavy (non-hydrogen) atoms. The van der Waals surface area contributed by atoms with Crippen LogP contribution < -0.4 is 16.0 Å². The molecule has 12 nitrogen and oxygen atoms in total. The summed E-state index contributed by atoms with van der Waals surface area (Å²) in [6, 6.07) is 14.9. The molecule has 2 aliphatic heterocycles. The molecule has 0 unspecified atom stereocenters. The molecule has 0 bridgehead atoms. The van der Waals surface area contributed by atoms with Crippen molar-refractivity contribution in [1.29, 1.82) is 0 Å². The number of aromatic nitrogens is 4. The molecule has 1 amide bonds. The van der Waals surface area contributed by atoms with E-state index < -0.39 is 11.8 Å². The molecule has 6 rings (SSSR count). The zero-order chi connectivity index (χ0) is 33.5. The van der Waals surface area contributed by atoms with E-state index >= 15 is 0 Å². The molecule has 3 N–H and O–H groups in total. The summed E-state index contributed by atoms with van der Waals surface area (Å²) < 4.78 is 41.2. The van der Waals surface area contributed by atoms with Crippen LogP contribution in [0.15, 0.2) is 60.9 Å². The molecule has 4 aromatic rings. The van der Waals surface area contributed by atoms with Crippen molar-refractivity contribution in [3.63, 3.8) is 0 Å². The predicted octanol–water partition coefficient (Wildman–Crippen LogP) is 4.65. The summed E-state index contributed by atoms with van der Waals surface area (Å²) in [5.41, 5.74) is 2.51. The Morgan fingerprint density at radius 3 is 2.42 bits per heavy atom. The van der Waals surface area contributed by atoms with Gasteiger partial charge in [0.1, 0.15) is 18.0 Å². The van der Waals surface area contributed by atoms with Crippen LogP contribution in [0.1, 0.15) is 34.1 Å². The Morgan fingerprint density at radius 2 is 1.67 bits per heavy atom. The van der Waals surface area contributed by atoms with Gasteiger partial charge in [0.15, 0.2) is 5.82 Å². The lowest BCUT2D eigenvalue weighted by Gasteiger charge is -2.26. The van der Waals surface area contributed by atoms with Gasteiger partial charge in [-0.3, -0.25) is 14.6 Å². The second-order valence-corrected chi connectivity index (χ2v) is 12.0. The number of nitrogens with one attached hydrogen (secondary N) is 3. The van der Waals surface area contributed by atoms with E-state index in [0.717, 1.165) is 70.7 Å². The minimum atomic E-state index is -3.16. The summed E-state index contributed by atoms with van der Waals surface area (Å²) in [7, 11) is 0. The van der Waals surface area contributed by atoms with Gasteiger partial charge >= 0.3 is 0 Å². The Bertz CT molecular complexity index is 1700. The molecule has 4 heterocycles. The number of benzene rings is 2. The lowest BCUT2D eigenvalue weighted by atomic mass is 10.0. The fourth-order valence-electron chi connectivity index (χ4n) is 5.72. The molecule has 254 valence electrons. The number of carbonyl (C=O) groups is 1. The van der Waals surface area contributed by atoms with Crippen LogP contribution in [-0.2, 0) is 21.9 Å². The number of anilines is 4. The standard InChI is InChI=1S/C34H41F2N9O3/c1-24-7-8-25(40-33(46)27-5-3-4-6-28(27)34(2,35)36)19-29(24)41-32-20-26(22-44-13-17-48-18-14-44)42-45(32)31-21-30(38-23-39-31)37-9-10-43-11-15-47-16-12-43/h3-8,19-21,23,41H,9-18,22H2,1-2H3,(H,40,46)(H,37,38,39). The topological polar surface area (TPSA) is 122 Å². The number of aryl methyl sites for hydroxylation is 1. The third kappa shape index (κ3) is 8.50. The number of halogens is 2. The summed E-state index contributed by atoms with van der Waals surface area (Å²) in [5.74, 6) is -1.85. The van der Waals surface area contributed by atoms with E-state index in [1.54, 1.807) is 22.9 Å². The van der Waals surface area contributed by atoms with Crippen molar-refractivity contribution in [2.45, 2.75) is 26.3 Å². The highest BCUT2D eigenvalue weighted by molar-refractivity contribution is 6.05. The Labute approximate surface area is 278 Å². The second kappa shape index (κ2) is 15.2. The molecule has 0 aliphatic carbocycles. The number of carbonyl (C=O) groups excluding carboxylic acids is 1. The molecule has 2 saturated heterocycles. The number of alkyl halides is 2. The average molecular weight is 662 g/mol. The number of amides is 1. The highest BCUT2D eigenvalue weighted by Crippen LogP contribution is 2.31. The lowest BCUT2D eigenvalue weighted by Crippen LogP contribution is -2.39. The zero-order valence-electron chi connectivity index (χ0n) is 27.2. The second-order valence-electron chi connectivity index (χ2n) is 12.0.